The van der Waals surface area contributed by atoms with Gasteiger partial charge < -0.3 is 19.8 Å². The average molecular weight is 500 g/mol. The van der Waals surface area contributed by atoms with Crippen molar-refractivity contribution in [2.24, 2.45) is 16.7 Å². The third-order valence-corrected chi connectivity index (χ3v) is 7.33. The van der Waals surface area contributed by atoms with Gasteiger partial charge in [0.15, 0.2) is 0 Å². The van der Waals surface area contributed by atoms with Gasteiger partial charge in [-0.15, -0.1) is 0 Å². The summed E-state index contributed by atoms with van der Waals surface area (Å²) >= 11 is 0. The van der Waals surface area contributed by atoms with Gasteiger partial charge in [-0.2, -0.15) is 13.2 Å². The standard InChI is InChI=1S/C21H31N5O2.C2HF3O2/c1-16(2)13-17(27)25-11-5-20(6-12-25)14-26(19-22-8-4-9-23-19)15-21(20)7-10-24(3)18(21)28;3-2(4,5)1(6)7/h4,8-9,16H,5-7,10-15H2,1-3H3;(H,6,7). The number of aliphatic carboxylic acids is 1. The molecule has 9 nitrogen and oxygen atoms in total. The summed E-state index contributed by atoms with van der Waals surface area (Å²) in [6, 6.07) is 1.82. The number of alkyl halides is 3. The van der Waals surface area contributed by atoms with Crippen molar-refractivity contribution in [3.8, 4) is 0 Å². The van der Waals surface area contributed by atoms with Gasteiger partial charge in [0.1, 0.15) is 0 Å². The van der Waals surface area contributed by atoms with E-state index in [9.17, 15) is 22.8 Å². The monoisotopic (exact) mass is 499 g/mol. The Morgan fingerprint density at radius 1 is 1.09 bits per heavy atom. The van der Waals surface area contributed by atoms with Crippen LogP contribution in [0.3, 0.4) is 0 Å². The normalized spacial score (nSPS) is 23.7. The third kappa shape index (κ3) is 5.35. The zero-order valence-electron chi connectivity index (χ0n) is 20.2. The lowest BCUT2D eigenvalue weighted by Gasteiger charge is -2.46. The van der Waals surface area contributed by atoms with Crippen molar-refractivity contribution in [1.29, 1.82) is 0 Å². The summed E-state index contributed by atoms with van der Waals surface area (Å²) in [4.78, 5) is 49.7. The number of rotatable bonds is 3. The van der Waals surface area contributed by atoms with E-state index in [4.69, 9.17) is 9.90 Å². The number of aromatic nitrogens is 2. The van der Waals surface area contributed by atoms with Crippen LogP contribution < -0.4 is 4.90 Å². The number of carboxylic acid groups (broad SMARTS) is 1. The van der Waals surface area contributed by atoms with Crippen molar-refractivity contribution in [3.63, 3.8) is 0 Å². The Morgan fingerprint density at radius 2 is 1.66 bits per heavy atom. The molecule has 1 aromatic rings. The summed E-state index contributed by atoms with van der Waals surface area (Å²) in [5.41, 5.74) is -0.489. The van der Waals surface area contributed by atoms with Crippen LogP contribution in [0.1, 0.15) is 39.5 Å². The average Bonchev–Trinajstić information content (AvgIpc) is 3.27. The number of hydrogen-bond acceptors (Lipinski definition) is 6. The summed E-state index contributed by atoms with van der Waals surface area (Å²) in [6.45, 7) is 7.94. The van der Waals surface area contributed by atoms with E-state index in [1.54, 1.807) is 12.4 Å². The van der Waals surface area contributed by atoms with Crippen molar-refractivity contribution >= 4 is 23.7 Å². The molecule has 4 heterocycles. The molecule has 1 unspecified atom stereocenters. The molecule has 0 bridgehead atoms. The summed E-state index contributed by atoms with van der Waals surface area (Å²) in [7, 11) is 1.91. The Morgan fingerprint density at radius 3 is 2.11 bits per heavy atom. The van der Waals surface area contributed by atoms with Gasteiger partial charge in [0.2, 0.25) is 17.8 Å². The minimum Gasteiger partial charge on any atom is -0.475 e. The fourth-order valence-corrected chi connectivity index (χ4v) is 5.53. The van der Waals surface area contributed by atoms with Gasteiger partial charge in [-0.25, -0.2) is 14.8 Å². The number of anilines is 1. The molecule has 0 radical (unpaired) electrons. The van der Waals surface area contributed by atoms with E-state index in [2.05, 4.69) is 28.7 Å². The van der Waals surface area contributed by atoms with Crippen molar-refractivity contribution < 1.29 is 32.7 Å². The zero-order valence-corrected chi connectivity index (χ0v) is 20.2. The van der Waals surface area contributed by atoms with Crippen LogP contribution in [0.5, 0.6) is 0 Å². The van der Waals surface area contributed by atoms with Gasteiger partial charge in [-0.3, -0.25) is 9.59 Å². The molecule has 0 aromatic carbocycles. The topological polar surface area (TPSA) is 107 Å². The molecule has 0 saturated carbocycles. The second-order valence-corrected chi connectivity index (χ2v) is 10.0. The molecule has 3 fully saturated rings. The molecular weight excluding hydrogens is 467 g/mol. The number of halogens is 3. The summed E-state index contributed by atoms with van der Waals surface area (Å²) in [6.07, 6.45) is 1.67. The lowest BCUT2D eigenvalue weighted by atomic mass is 9.60. The molecular formula is C23H32F3N5O4. The number of likely N-dealkylation sites (tertiary alicyclic amines) is 2. The molecule has 4 rings (SSSR count). The number of amides is 2. The minimum atomic E-state index is -5.08. The molecule has 1 N–H and O–H groups in total. The van der Waals surface area contributed by atoms with E-state index in [1.165, 1.54) is 0 Å². The van der Waals surface area contributed by atoms with Gasteiger partial charge in [-0.05, 0) is 31.2 Å². The Balaban J connectivity index is 0.000000429. The summed E-state index contributed by atoms with van der Waals surface area (Å²) in [5, 5.41) is 7.12. The van der Waals surface area contributed by atoms with E-state index in [1.807, 2.05) is 22.9 Å². The molecule has 12 heteroatoms. The number of nitrogens with zero attached hydrogens (tertiary/aromatic N) is 5. The van der Waals surface area contributed by atoms with E-state index in [0.29, 0.717) is 24.8 Å². The van der Waals surface area contributed by atoms with Crippen LogP contribution in [0.2, 0.25) is 0 Å². The highest BCUT2D eigenvalue weighted by molar-refractivity contribution is 5.87. The number of piperidine rings is 1. The molecule has 2 amide bonds. The highest BCUT2D eigenvalue weighted by Crippen LogP contribution is 2.58. The molecule has 1 aromatic heterocycles. The Kier molecular flexibility index (Phi) is 7.61. The van der Waals surface area contributed by atoms with Crippen molar-refractivity contribution in [2.45, 2.75) is 45.7 Å². The molecule has 3 aliphatic heterocycles. The largest absolute Gasteiger partial charge is 0.490 e. The van der Waals surface area contributed by atoms with Crippen LogP contribution in [0.15, 0.2) is 18.5 Å². The van der Waals surface area contributed by atoms with Crippen molar-refractivity contribution in [2.75, 3.05) is 44.7 Å². The Bertz CT molecular complexity index is 935. The maximum atomic E-state index is 13.3. The summed E-state index contributed by atoms with van der Waals surface area (Å²) < 4.78 is 31.7. The van der Waals surface area contributed by atoms with Gasteiger partial charge in [0.25, 0.3) is 0 Å². The number of carbonyl (C=O) groups is 3. The molecule has 1 atom stereocenters. The van der Waals surface area contributed by atoms with Gasteiger partial charge in [0.05, 0.1) is 5.41 Å². The number of fused-ring (bicyclic) bond motifs is 1. The first kappa shape index (κ1) is 26.7. The highest BCUT2D eigenvalue weighted by atomic mass is 19.4. The molecule has 0 aliphatic carbocycles. The van der Waals surface area contributed by atoms with Crippen LogP contribution in [-0.2, 0) is 14.4 Å². The minimum absolute atomic E-state index is 0.108. The number of carbonyl (C=O) groups excluding carboxylic acids is 2. The van der Waals surface area contributed by atoms with Crippen LogP contribution in [0, 0.1) is 16.7 Å². The Hall–Kier alpha value is -2.92. The van der Waals surface area contributed by atoms with Gasteiger partial charge in [0, 0.05) is 64.0 Å². The molecule has 194 valence electrons. The zero-order chi connectivity index (χ0) is 26.0. The van der Waals surface area contributed by atoms with Gasteiger partial charge >= 0.3 is 12.1 Å². The van der Waals surface area contributed by atoms with Crippen molar-refractivity contribution in [3.05, 3.63) is 18.5 Å². The van der Waals surface area contributed by atoms with Crippen LogP contribution in [0.4, 0.5) is 19.1 Å². The van der Waals surface area contributed by atoms with E-state index in [0.717, 1.165) is 45.4 Å². The van der Waals surface area contributed by atoms with Crippen LogP contribution >= 0.6 is 0 Å². The fraction of sp³-hybridized carbons (Fsp3) is 0.696. The molecule has 2 spiro atoms. The van der Waals surface area contributed by atoms with E-state index >= 15 is 0 Å². The predicted molar refractivity (Wildman–Crippen MR) is 120 cm³/mol. The maximum Gasteiger partial charge on any atom is 0.490 e. The summed E-state index contributed by atoms with van der Waals surface area (Å²) in [5.74, 6) is -1.17. The predicted octanol–water partition coefficient (Wildman–Crippen LogP) is 2.43. The first-order chi connectivity index (χ1) is 16.3. The van der Waals surface area contributed by atoms with E-state index in [-0.39, 0.29) is 22.6 Å². The Labute approximate surface area is 202 Å². The quantitative estimate of drug-likeness (QED) is 0.681. The number of hydrogen-bond donors (Lipinski definition) is 1. The number of carboxylic acids is 1. The SMILES string of the molecule is CC(C)CC(=O)N1CCC2(CC1)CN(c1ncccn1)CC21CCN(C)C1=O.O=C(O)C(F)(F)F. The second kappa shape index (κ2) is 9.98. The fourth-order valence-electron chi connectivity index (χ4n) is 5.53. The highest BCUT2D eigenvalue weighted by Gasteiger charge is 2.65. The van der Waals surface area contributed by atoms with Crippen LogP contribution in [-0.4, -0.2) is 88.6 Å². The maximum absolute atomic E-state index is 13.3. The molecule has 35 heavy (non-hydrogen) atoms. The molecule has 3 saturated heterocycles. The molecule has 3 aliphatic rings. The lowest BCUT2D eigenvalue weighted by molar-refractivity contribution is -0.192. The first-order valence-electron chi connectivity index (χ1n) is 11.7. The van der Waals surface area contributed by atoms with Crippen LogP contribution in [0.25, 0.3) is 0 Å². The third-order valence-electron chi connectivity index (χ3n) is 7.33. The lowest BCUT2D eigenvalue weighted by Crippen LogP contribution is -2.53. The van der Waals surface area contributed by atoms with Crippen molar-refractivity contribution in [1.82, 2.24) is 19.8 Å². The van der Waals surface area contributed by atoms with Gasteiger partial charge in [-0.1, -0.05) is 13.8 Å². The second-order valence-electron chi connectivity index (χ2n) is 10.0. The smallest absolute Gasteiger partial charge is 0.475 e. The van der Waals surface area contributed by atoms with E-state index < -0.39 is 12.1 Å². The first-order valence-corrected chi connectivity index (χ1v) is 11.7.